The molecule has 2 N–H and O–H groups in total. The normalized spacial score (nSPS) is 17.3. The maximum absolute atomic E-state index is 13.0. The number of carboxylic acid groups (broad SMARTS) is 1. The molecule has 0 aromatic heterocycles. The van der Waals surface area contributed by atoms with E-state index in [9.17, 15) is 9.18 Å². The van der Waals surface area contributed by atoms with Gasteiger partial charge in [0.05, 0.1) is 5.56 Å². The molecule has 0 radical (unpaired) electrons. The van der Waals surface area contributed by atoms with Crippen LogP contribution in [-0.4, -0.2) is 17.1 Å². The van der Waals surface area contributed by atoms with Crippen molar-refractivity contribution in [3.05, 3.63) is 29.6 Å². The van der Waals surface area contributed by atoms with E-state index in [4.69, 9.17) is 5.11 Å². The maximum atomic E-state index is 13.0. The summed E-state index contributed by atoms with van der Waals surface area (Å²) < 4.78 is 13.0. The van der Waals surface area contributed by atoms with Gasteiger partial charge in [0.2, 0.25) is 0 Å². The molecule has 92 valence electrons. The summed E-state index contributed by atoms with van der Waals surface area (Å²) in [5.74, 6) is -1.03. The first-order chi connectivity index (χ1) is 8.08. The molecule has 4 heteroatoms. The van der Waals surface area contributed by atoms with Crippen LogP contribution in [0.2, 0.25) is 0 Å². The lowest BCUT2D eigenvalue weighted by molar-refractivity contribution is 0.0697. The van der Waals surface area contributed by atoms with Crippen molar-refractivity contribution in [3.8, 4) is 0 Å². The summed E-state index contributed by atoms with van der Waals surface area (Å²) in [6, 6.07) is 4.06. The molecule has 0 amide bonds. The number of aromatic carboxylic acids is 1. The largest absolute Gasteiger partial charge is 0.478 e. The zero-order valence-corrected chi connectivity index (χ0v) is 9.74. The fourth-order valence-corrected chi connectivity index (χ4v) is 2.12. The van der Waals surface area contributed by atoms with Crippen molar-refractivity contribution in [3.63, 3.8) is 0 Å². The lowest BCUT2D eigenvalue weighted by Gasteiger charge is -2.32. The Morgan fingerprint density at radius 3 is 2.76 bits per heavy atom. The highest BCUT2D eigenvalue weighted by Gasteiger charge is 2.24. The van der Waals surface area contributed by atoms with Gasteiger partial charge in [-0.05, 0) is 43.9 Å². The Morgan fingerprint density at radius 2 is 2.24 bits per heavy atom. The van der Waals surface area contributed by atoms with E-state index < -0.39 is 11.8 Å². The van der Waals surface area contributed by atoms with Gasteiger partial charge in [-0.1, -0.05) is 6.42 Å². The van der Waals surface area contributed by atoms with Gasteiger partial charge in [0.1, 0.15) is 5.82 Å². The topological polar surface area (TPSA) is 49.3 Å². The van der Waals surface area contributed by atoms with Crippen LogP contribution in [0.5, 0.6) is 0 Å². The second-order valence-electron chi connectivity index (χ2n) is 4.62. The fraction of sp³-hybridized carbons (Fsp3) is 0.462. The van der Waals surface area contributed by atoms with Gasteiger partial charge in [-0.15, -0.1) is 0 Å². The SMILES string of the molecule is CC(Nc1ccc(F)cc1C(=O)O)C1CCC1. The summed E-state index contributed by atoms with van der Waals surface area (Å²) in [5, 5.41) is 12.2. The second kappa shape index (κ2) is 4.73. The Morgan fingerprint density at radius 1 is 1.53 bits per heavy atom. The third-order valence-electron chi connectivity index (χ3n) is 3.45. The van der Waals surface area contributed by atoms with Crippen LogP contribution in [0.25, 0.3) is 0 Å². The Balaban J connectivity index is 2.16. The van der Waals surface area contributed by atoms with Gasteiger partial charge in [-0.3, -0.25) is 0 Å². The number of anilines is 1. The van der Waals surface area contributed by atoms with E-state index in [1.54, 1.807) is 0 Å². The molecule has 0 bridgehead atoms. The van der Waals surface area contributed by atoms with E-state index in [0.717, 1.165) is 6.07 Å². The second-order valence-corrected chi connectivity index (χ2v) is 4.62. The minimum atomic E-state index is -1.10. The molecule has 2 rings (SSSR count). The van der Waals surface area contributed by atoms with Gasteiger partial charge in [-0.25, -0.2) is 9.18 Å². The van der Waals surface area contributed by atoms with Crippen LogP contribution in [0, 0.1) is 11.7 Å². The number of rotatable bonds is 4. The Labute approximate surface area is 99.7 Å². The van der Waals surface area contributed by atoms with E-state index in [0.29, 0.717) is 11.6 Å². The maximum Gasteiger partial charge on any atom is 0.337 e. The average Bonchev–Trinajstić information content (AvgIpc) is 2.17. The number of carbonyl (C=O) groups is 1. The third-order valence-corrected chi connectivity index (χ3v) is 3.45. The van der Waals surface area contributed by atoms with Crippen molar-refractivity contribution in [2.45, 2.75) is 32.2 Å². The minimum Gasteiger partial charge on any atom is -0.478 e. The summed E-state index contributed by atoms with van der Waals surface area (Å²) in [6.07, 6.45) is 3.60. The van der Waals surface area contributed by atoms with Gasteiger partial charge in [0.25, 0.3) is 0 Å². The standard InChI is InChI=1S/C13H16FNO2/c1-8(9-3-2-4-9)15-12-6-5-10(14)7-11(12)13(16)17/h5-9,15H,2-4H2,1H3,(H,16,17). The van der Waals surface area contributed by atoms with Crippen LogP contribution in [-0.2, 0) is 0 Å². The van der Waals surface area contributed by atoms with Crippen molar-refractivity contribution in [1.29, 1.82) is 0 Å². The first kappa shape index (κ1) is 11.9. The summed E-state index contributed by atoms with van der Waals surface area (Å²) >= 11 is 0. The lowest BCUT2D eigenvalue weighted by atomic mass is 9.80. The number of nitrogens with one attached hydrogen (secondary N) is 1. The molecule has 1 aromatic carbocycles. The average molecular weight is 237 g/mol. The van der Waals surface area contributed by atoms with E-state index in [2.05, 4.69) is 5.32 Å². The molecule has 1 atom stereocenters. The first-order valence-electron chi connectivity index (χ1n) is 5.87. The van der Waals surface area contributed by atoms with Gasteiger partial charge >= 0.3 is 5.97 Å². The highest BCUT2D eigenvalue weighted by atomic mass is 19.1. The van der Waals surface area contributed by atoms with Crippen molar-refractivity contribution >= 4 is 11.7 Å². The fourth-order valence-electron chi connectivity index (χ4n) is 2.12. The van der Waals surface area contributed by atoms with E-state index in [1.165, 1.54) is 31.4 Å². The highest BCUT2D eigenvalue weighted by Crippen LogP contribution is 2.31. The molecule has 1 fully saturated rings. The number of hydrogen-bond donors (Lipinski definition) is 2. The zero-order chi connectivity index (χ0) is 12.4. The van der Waals surface area contributed by atoms with E-state index in [-0.39, 0.29) is 11.6 Å². The van der Waals surface area contributed by atoms with E-state index >= 15 is 0 Å². The monoisotopic (exact) mass is 237 g/mol. The molecular weight excluding hydrogens is 221 g/mol. The molecule has 1 aliphatic carbocycles. The molecule has 0 heterocycles. The van der Waals surface area contributed by atoms with Gasteiger partial charge in [0, 0.05) is 11.7 Å². The summed E-state index contributed by atoms with van der Waals surface area (Å²) in [5.41, 5.74) is 0.495. The highest BCUT2D eigenvalue weighted by molar-refractivity contribution is 5.94. The van der Waals surface area contributed by atoms with Crippen LogP contribution in [0.3, 0.4) is 0 Å². The van der Waals surface area contributed by atoms with Crippen molar-refractivity contribution < 1.29 is 14.3 Å². The molecule has 3 nitrogen and oxygen atoms in total. The Hall–Kier alpha value is -1.58. The predicted molar refractivity (Wildman–Crippen MR) is 63.8 cm³/mol. The van der Waals surface area contributed by atoms with Crippen molar-refractivity contribution in [2.75, 3.05) is 5.32 Å². The van der Waals surface area contributed by atoms with Crippen LogP contribution in [0.4, 0.5) is 10.1 Å². The van der Waals surface area contributed by atoms with Crippen LogP contribution in [0.1, 0.15) is 36.5 Å². The molecule has 0 aliphatic heterocycles. The molecule has 1 aromatic rings. The number of benzene rings is 1. The van der Waals surface area contributed by atoms with Crippen LogP contribution < -0.4 is 5.32 Å². The van der Waals surface area contributed by atoms with Crippen molar-refractivity contribution in [2.24, 2.45) is 5.92 Å². The van der Waals surface area contributed by atoms with E-state index in [1.807, 2.05) is 6.92 Å². The smallest absolute Gasteiger partial charge is 0.337 e. The molecule has 17 heavy (non-hydrogen) atoms. The molecular formula is C13H16FNO2. The lowest BCUT2D eigenvalue weighted by Crippen LogP contribution is -2.31. The first-order valence-corrected chi connectivity index (χ1v) is 5.87. The molecule has 0 spiro atoms. The van der Waals surface area contributed by atoms with Crippen LogP contribution >= 0.6 is 0 Å². The van der Waals surface area contributed by atoms with Gasteiger partial charge in [-0.2, -0.15) is 0 Å². The molecule has 1 aliphatic rings. The van der Waals surface area contributed by atoms with Crippen molar-refractivity contribution in [1.82, 2.24) is 0 Å². The molecule has 1 saturated carbocycles. The number of hydrogen-bond acceptors (Lipinski definition) is 2. The Kier molecular flexibility index (Phi) is 3.31. The van der Waals surface area contributed by atoms with Gasteiger partial charge in [0.15, 0.2) is 0 Å². The number of halogens is 1. The van der Waals surface area contributed by atoms with Crippen LogP contribution in [0.15, 0.2) is 18.2 Å². The Bertz CT molecular complexity index is 429. The quantitative estimate of drug-likeness (QED) is 0.845. The molecule has 1 unspecified atom stereocenters. The zero-order valence-electron chi connectivity index (χ0n) is 9.74. The summed E-state index contributed by atoms with van der Waals surface area (Å²) in [7, 11) is 0. The number of carboxylic acids is 1. The minimum absolute atomic E-state index is 0.00354. The van der Waals surface area contributed by atoms with Gasteiger partial charge < -0.3 is 10.4 Å². The molecule has 0 saturated heterocycles. The summed E-state index contributed by atoms with van der Waals surface area (Å²) in [6.45, 7) is 2.04. The third kappa shape index (κ3) is 2.57. The summed E-state index contributed by atoms with van der Waals surface area (Å²) in [4.78, 5) is 11.0. The predicted octanol–water partition coefficient (Wildman–Crippen LogP) is 3.12.